The third-order valence-corrected chi connectivity index (χ3v) is 3.77. The van der Waals surface area contributed by atoms with Crippen LogP contribution in [0.25, 0.3) is 0 Å². The normalized spacial score (nSPS) is 16.5. The predicted molar refractivity (Wildman–Crippen MR) is 86.2 cm³/mol. The highest BCUT2D eigenvalue weighted by Gasteiger charge is 2.19. The number of benzene rings is 1. The summed E-state index contributed by atoms with van der Waals surface area (Å²) >= 11 is 0. The summed E-state index contributed by atoms with van der Waals surface area (Å²) in [6, 6.07) is 10.1. The van der Waals surface area contributed by atoms with E-state index < -0.39 is 0 Å². The number of carbonyl (C=O) groups is 1. The number of hydrogen-bond donors (Lipinski definition) is 1. The van der Waals surface area contributed by atoms with Gasteiger partial charge < -0.3 is 5.32 Å². The first-order chi connectivity index (χ1) is 10.6. The smallest absolute Gasteiger partial charge is 0.234 e. The average molecular weight is 300 g/mol. The molecule has 1 aliphatic heterocycles. The number of nitrogens with zero attached hydrogens (tertiary/aromatic N) is 3. The van der Waals surface area contributed by atoms with E-state index in [1.807, 2.05) is 38.1 Å². The number of nitrogens with one attached hydrogen (secondary N) is 1. The van der Waals surface area contributed by atoms with Crippen molar-refractivity contribution in [2.24, 2.45) is 0 Å². The van der Waals surface area contributed by atoms with Gasteiger partial charge in [-0.1, -0.05) is 12.1 Å². The van der Waals surface area contributed by atoms with E-state index in [0.717, 1.165) is 32.7 Å². The van der Waals surface area contributed by atoms with Crippen LogP contribution < -0.4 is 5.32 Å². The van der Waals surface area contributed by atoms with Gasteiger partial charge in [0.15, 0.2) is 0 Å². The molecule has 0 saturated carbocycles. The molecule has 0 radical (unpaired) electrons. The van der Waals surface area contributed by atoms with Crippen LogP contribution in [0.3, 0.4) is 0 Å². The number of carbonyl (C=O) groups excluding carboxylic acids is 1. The molecule has 5 nitrogen and oxygen atoms in total. The fraction of sp³-hybridized carbons (Fsp3) is 0.529. The lowest BCUT2D eigenvalue weighted by Gasteiger charge is -2.34. The third kappa shape index (κ3) is 5.14. The predicted octanol–water partition coefficient (Wildman–Crippen LogP) is 1.20. The van der Waals surface area contributed by atoms with Crippen molar-refractivity contribution in [3.63, 3.8) is 0 Å². The van der Waals surface area contributed by atoms with E-state index in [4.69, 9.17) is 5.26 Å². The van der Waals surface area contributed by atoms with Gasteiger partial charge in [0.25, 0.3) is 0 Å². The molecule has 1 N–H and O–H groups in total. The van der Waals surface area contributed by atoms with Gasteiger partial charge in [0.1, 0.15) is 0 Å². The van der Waals surface area contributed by atoms with Crippen molar-refractivity contribution >= 4 is 5.91 Å². The first-order valence-corrected chi connectivity index (χ1v) is 7.80. The lowest BCUT2D eigenvalue weighted by Crippen LogP contribution is -2.49. The van der Waals surface area contributed by atoms with Gasteiger partial charge in [0, 0.05) is 38.8 Å². The second-order valence-corrected chi connectivity index (χ2v) is 6.08. The molecule has 0 spiro atoms. The van der Waals surface area contributed by atoms with E-state index in [0.29, 0.717) is 12.1 Å². The summed E-state index contributed by atoms with van der Waals surface area (Å²) in [4.78, 5) is 16.4. The van der Waals surface area contributed by atoms with E-state index >= 15 is 0 Å². The minimum absolute atomic E-state index is 0.107. The Bertz CT molecular complexity index is 525. The maximum atomic E-state index is 11.8. The van der Waals surface area contributed by atoms with Gasteiger partial charge in [-0.3, -0.25) is 14.6 Å². The first kappa shape index (κ1) is 16.5. The molecule has 2 rings (SSSR count). The largest absolute Gasteiger partial charge is 0.353 e. The van der Waals surface area contributed by atoms with Crippen LogP contribution in [-0.4, -0.2) is 54.5 Å². The van der Waals surface area contributed by atoms with Crippen LogP contribution >= 0.6 is 0 Å². The van der Waals surface area contributed by atoms with E-state index in [1.165, 1.54) is 5.56 Å². The minimum Gasteiger partial charge on any atom is -0.353 e. The number of nitriles is 1. The summed E-state index contributed by atoms with van der Waals surface area (Å²) in [5.74, 6) is 0.107. The second-order valence-electron chi connectivity index (χ2n) is 6.08. The molecule has 1 fully saturated rings. The maximum absolute atomic E-state index is 11.8. The number of piperazine rings is 1. The van der Waals surface area contributed by atoms with Crippen molar-refractivity contribution in [1.82, 2.24) is 15.1 Å². The van der Waals surface area contributed by atoms with Crippen molar-refractivity contribution < 1.29 is 4.79 Å². The highest BCUT2D eigenvalue weighted by molar-refractivity contribution is 5.78. The summed E-state index contributed by atoms with van der Waals surface area (Å²) in [6.45, 7) is 9.12. The van der Waals surface area contributed by atoms with Crippen LogP contribution in [0, 0.1) is 11.3 Å². The van der Waals surface area contributed by atoms with E-state index in [9.17, 15) is 4.79 Å². The Labute approximate surface area is 132 Å². The summed E-state index contributed by atoms with van der Waals surface area (Å²) in [5, 5.41) is 11.7. The van der Waals surface area contributed by atoms with Crippen LogP contribution in [0.2, 0.25) is 0 Å². The van der Waals surface area contributed by atoms with Gasteiger partial charge in [0.2, 0.25) is 5.91 Å². The Morgan fingerprint density at radius 2 is 1.77 bits per heavy atom. The summed E-state index contributed by atoms with van der Waals surface area (Å²) in [5.41, 5.74) is 1.93. The Morgan fingerprint density at radius 3 is 2.32 bits per heavy atom. The molecule has 1 aromatic rings. The van der Waals surface area contributed by atoms with Gasteiger partial charge >= 0.3 is 0 Å². The number of rotatable bonds is 5. The van der Waals surface area contributed by atoms with Crippen molar-refractivity contribution in [1.29, 1.82) is 5.26 Å². The van der Waals surface area contributed by atoms with Crippen LogP contribution in [-0.2, 0) is 11.3 Å². The zero-order chi connectivity index (χ0) is 15.9. The molecule has 5 heteroatoms. The first-order valence-electron chi connectivity index (χ1n) is 7.80. The Morgan fingerprint density at radius 1 is 1.18 bits per heavy atom. The minimum atomic E-state index is 0.107. The maximum Gasteiger partial charge on any atom is 0.234 e. The molecule has 0 aliphatic carbocycles. The highest BCUT2D eigenvalue weighted by Crippen LogP contribution is 2.09. The average Bonchev–Trinajstić information content (AvgIpc) is 2.49. The molecular formula is C17H24N4O. The van der Waals surface area contributed by atoms with Crippen LogP contribution in [0.15, 0.2) is 24.3 Å². The zero-order valence-electron chi connectivity index (χ0n) is 13.4. The summed E-state index contributed by atoms with van der Waals surface area (Å²) < 4.78 is 0. The fourth-order valence-electron chi connectivity index (χ4n) is 2.62. The number of hydrogen-bond acceptors (Lipinski definition) is 4. The summed E-state index contributed by atoms with van der Waals surface area (Å²) in [6.07, 6.45) is 0. The topological polar surface area (TPSA) is 59.4 Å². The zero-order valence-corrected chi connectivity index (χ0v) is 13.4. The molecule has 0 unspecified atom stereocenters. The Balaban J connectivity index is 1.75. The third-order valence-electron chi connectivity index (χ3n) is 3.77. The highest BCUT2D eigenvalue weighted by atomic mass is 16.2. The van der Waals surface area contributed by atoms with Gasteiger partial charge in [0.05, 0.1) is 18.2 Å². The van der Waals surface area contributed by atoms with Crippen molar-refractivity contribution in [2.45, 2.75) is 26.4 Å². The molecule has 1 aliphatic rings. The SMILES string of the molecule is CC(C)NC(=O)CN1CCN(Cc2ccc(C#N)cc2)CC1. The van der Waals surface area contributed by atoms with E-state index in [1.54, 1.807) is 0 Å². The lowest BCUT2D eigenvalue weighted by molar-refractivity contribution is -0.123. The monoisotopic (exact) mass is 300 g/mol. The quantitative estimate of drug-likeness (QED) is 0.888. The summed E-state index contributed by atoms with van der Waals surface area (Å²) in [7, 11) is 0. The van der Waals surface area contributed by atoms with Crippen LogP contribution in [0.5, 0.6) is 0 Å². The fourth-order valence-corrected chi connectivity index (χ4v) is 2.62. The van der Waals surface area contributed by atoms with Crippen LogP contribution in [0.4, 0.5) is 0 Å². The lowest BCUT2D eigenvalue weighted by atomic mass is 10.1. The standard InChI is InChI=1S/C17H24N4O/c1-14(2)19-17(22)13-21-9-7-20(8-10-21)12-16-5-3-15(11-18)4-6-16/h3-6,14H,7-10,12-13H2,1-2H3,(H,19,22). The van der Waals surface area contributed by atoms with Crippen molar-refractivity contribution in [2.75, 3.05) is 32.7 Å². The molecule has 118 valence electrons. The Hall–Kier alpha value is -1.90. The van der Waals surface area contributed by atoms with Gasteiger partial charge in [-0.2, -0.15) is 5.26 Å². The number of amides is 1. The van der Waals surface area contributed by atoms with Gasteiger partial charge in [-0.05, 0) is 31.5 Å². The molecular weight excluding hydrogens is 276 g/mol. The molecule has 1 aromatic carbocycles. The van der Waals surface area contributed by atoms with Gasteiger partial charge in [-0.25, -0.2) is 0 Å². The molecule has 1 heterocycles. The second kappa shape index (κ2) is 7.92. The van der Waals surface area contributed by atoms with Gasteiger partial charge in [-0.15, -0.1) is 0 Å². The molecule has 0 atom stereocenters. The van der Waals surface area contributed by atoms with Crippen molar-refractivity contribution in [3.8, 4) is 6.07 Å². The molecule has 22 heavy (non-hydrogen) atoms. The van der Waals surface area contributed by atoms with Crippen LogP contribution in [0.1, 0.15) is 25.0 Å². The molecule has 0 aromatic heterocycles. The van der Waals surface area contributed by atoms with E-state index in [-0.39, 0.29) is 11.9 Å². The van der Waals surface area contributed by atoms with E-state index in [2.05, 4.69) is 21.2 Å². The molecule has 1 saturated heterocycles. The molecule has 0 bridgehead atoms. The molecule has 1 amide bonds. The van der Waals surface area contributed by atoms with Crippen molar-refractivity contribution in [3.05, 3.63) is 35.4 Å². The Kier molecular flexibility index (Phi) is 5.93.